The molecule has 0 aliphatic carbocycles. The highest BCUT2D eigenvalue weighted by Gasteiger charge is 2.29. The van der Waals surface area contributed by atoms with Gasteiger partial charge in [0.1, 0.15) is 17.5 Å². The van der Waals surface area contributed by atoms with Crippen LogP contribution in [0.15, 0.2) is 42.5 Å². The van der Waals surface area contributed by atoms with Gasteiger partial charge in [-0.15, -0.1) is 0 Å². The molecule has 26 heavy (non-hydrogen) atoms. The molecule has 1 aliphatic rings. The van der Waals surface area contributed by atoms with Crippen LogP contribution in [-0.2, 0) is 4.74 Å². The van der Waals surface area contributed by atoms with Gasteiger partial charge >= 0.3 is 0 Å². The van der Waals surface area contributed by atoms with Crippen molar-refractivity contribution in [3.63, 3.8) is 0 Å². The molecule has 1 fully saturated rings. The Morgan fingerprint density at radius 2 is 2.08 bits per heavy atom. The first-order chi connectivity index (χ1) is 12.5. The van der Waals surface area contributed by atoms with Crippen molar-refractivity contribution in [2.45, 2.75) is 6.10 Å². The summed E-state index contributed by atoms with van der Waals surface area (Å²) in [5, 5.41) is 11.3. The second kappa shape index (κ2) is 6.83. The Morgan fingerprint density at radius 1 is 1.23 bits per heavy atom. The van der Waals surface area contributed by atoms with Gasteiger partial charge in [-0.25, -0.2) is 0 Å². The lowest BCUT2D eigenvalue weighted by Gasteiger charge is -2.33. The highest BCUT2D eigenvalue weighted by atomic mass is 35.5. The molecule has 134 valence electrons. The summed E-state index contributed by atoms with van der Waals surface area (Å²) in [6.45, 7) is 1.27. The van der Waals surface area contributed by atoms with Gasteiger partial charge < -0.3 is 19.7 Å². The van der Waals surface area contributed by atoms with Gasteiger partial charge in [-0.2, -0.15) is 0 Å². The standard InChI is InChI=1S/C19H16Cl2N2O3/c20-12-4-5-15-14(9-12)17(21)18(22-15)19(25)23-6-7-26-16(10-23)11-2-1-3-13(24)8-11/h1-5,8-9,16,22,24H,6-7,10H2. The summed E-state index contributed by atoms with van der Waals surface area (Å²) in [7, 11) is 0. The number of hydrogen-bond donors (Lipinski definition) is 2. The minimum absolute atomic E-state index is 0.171. The zero-order chi connectivity index (χ0) is 18.3. The van der Waals surface area contributed by atoms with Crippen molar-refractivity contribution in [2.24, 2.45) is 0 Å². The molecule has 1 unspecified atom stereocenters. The zero-order valence-corrected chi connectivity index (χ0v) is 15.2. The first kappa shape index (κ1) is 17.2. The molecule has 0 saturated carbocycles. The molecule has 7 heteroatoms. The van der Waals surface area contributed by atoms with Crippen molar-refractivity contribution in [3.8, 4) is 5.75 Å². The minimum atomic E-state index is -0.294. The fraction of sp³-hybridized carbons (Fsp3) is 0.211. The molecular formula is C19H16Cl2N2O3. The van der Waals surface area contributed by atoms with Gasteiger partial charge in [0.25, 0.3) is 5.91 Å². The Hall–Kier alpha value is -2.21. The SMILES string of the molecule is O=C(c1[nH]c2ccc(Cl)cc2c1Cl)N1CCOC(c2cccc(O)c2)C1. The number of benzene rings is 2. The van der Waals surface area contributed by atoms with E-state index in [9.17, 15) is 9.90 Å². The van der Waals surface area contributed by atoms with Gasteiger partial charge in [0.15, 0.2) is 0 Å². The van der Waals surface area contributed by atoms with E-state index in [0.29, 0.717) is 35.4 Å². The molecule has 5 nitrogen and oxygen atoms in total. The summed E-state index contributed by atoms with van der Waals surface area (Å²) >= 11 is 12.4. The lowest BCUT2D eigenvalue weighted by molar-refractivity contribution is -0.0230. The number of carbonyl (C=O) groups excluding carboxylic acids is 1. The number of phenols is 1. The predicted molar refractivity (Wildman–Crippen MR) is 101 cm³/mol. The Bertz CT molecular complexity index is 986. The van der Waals surface area contributed by atoms with E-state index in [2.05, 4.69) is 4.98 Å². The number of hydrogen-bond acceptors (Lipinski definition) is 3. The predicted octanol–water partition coefficient (Wildman–Crippen LogP) is 4.39. The van der Waals surface area contributed by atoms with E-state index >= 15 is 0 Å². The summed E-state index contributed by atoms with van der Waals surface area (Å²) < 4.78 is 5.77. The molecule has 0 spiro atoms. The van der Waals surface area contributed by atoms with Gasteiger partial charge in [0.2, 0.25) is 0 Å². The van der Waals surface area contributed by atoms with Crippen LogP contribution in [0.3, 0.4) is 0 Å². The van der Waals surface area contributed by atoms with E-state index in [1.807, 2.05) is 6.07 Å². The molecule has 0 radical (unpaired) electrons. The van der Waals surface area contributed by atoms with Crippen LogP contribution in [0, 0.1) is 0 Å². The number of nitrogens with zero attached hydrogens (tertiary/aromatic N) is 1. The van der Waals surface area contributed by atoms with Crippen molar-refractivity contribution in [1.29, 1.82) is 0 Å². The number of aromatic nitrogens is 1. The number of aromatic hydroxyl groups is 1. The number of rotatable bonds is 2. The van der Waals surface area contributed by atoms with Gasteiger partial charge in [0.05, 0.1) is 18.2 Å². The number of phenolic OH excluding ortho intramolecular Hbond substituents is 1. The Balaban J connectivity index is 1.61. The molecule has 2 heterocycles. The van der Waals surface area contributed by atoms with Gasteiger partial charge in [0, 0.05) is 22.5 Å². The monoisotopic (exact) mass is 390 g/mol. The van der Waals surface area contributed by atoms with Gasteiger partial charge in [-0.1, -0.05) is 35.3 Å². The highest BCUT2D eigenvalue weighted by Crippen LogP contribution is 2.32. The molecule has 1 saturated heterocycles. The van der Waals surface area contributed by atoms with Crippen LogP contribution in [0.25, 0.3) is 10.9 Å². The number of fused-ring (bicyclic) bond motifs is 1. The van der Waals surface area contributed by atoms with E-state index in [-0.39, 0.29) is 17.8 Å². The van der Waals surface area contributed by atoms with Crippen molar-refractivity contribution < 1.29 is 14.6 Å². The van der Waals surface area contributed by atoms with Crippen LogP contribution in [0.4, 0.5) is 0 Å². The Kier molecular flexibility index (Phi) is 4.53. The fourth-order valence-corrected chi connectivity index (χ4v) is 3.65. The second-order valence-electron chi connectivity index (χ2n) is 6.21. The molecule has 1 atom stereocenters. The first-order valence-corrected chi connectivity index (χ1v) is 8.95. The number of amides is 1. The van der Waals surface area contributed by atoms with Crippen molar-refractivity contribution in [3.05, 3.63) is 63.8 Å². The lowest BCUT2D eigenvalue weighted by atomic mass is 10.1. The van der Waals surface area contributed by atoms with E-state index in [1.54, 1.807) is 41.3 Å². The zero-order valence-electron chi connectivity index (χ0n) is 13.7. The second-order valence-corrected chi connectivity index (χ2v) is 7.02. The number of nitrogens with one attached hydrogen (secondary N) is 1. The molecule has 4 rings (SSSR count). The number of ether oxygens (including phenoxy) is 1. The van der Waals surface area contributed by atoms with Crippen LogP contribution in [-0.4, -0.2) is 40.6 Å². The number of carbonyl (C=O) groups is 1. The topological polar surface area (TPSA) is 65.6 Å². The highest BCUT2D eigenvalue weighted by molar-refractivity contribution is 6.39. The molecule has 1 aliphatic heterocycles. The third-order valence-corrected chi connectivity index (χ3v) is 5.13. The third-order valence-electron chi connectivity index (χ3n) is 4.51. The maximum atomic E-state index is 13.0. The summed E-state index contributed by atoms with van der Waals surface area (Å²) in [6, 6.07) is 12.2. The van der Waals surface area contributed by atoms with Crippen molar-refractivity contribution in [1.82, 2.24) is 9.88 Å². The summed E-state index contributed by atoms with van der Waals surface area (Å²) in [4.78, 5) is 17.8. The number of morpholine rings is 1. The maximum Gasteiger partial charge on any atom is 0.272 e. The van der Waals surface area contributed by atoms with Crippen LogP contribution in [0.1, 0.15) is 22.2 Å². The van der Waals surface area contributed by atoms with Crippen LogP contribution >= 0.6 is 23.2 Å². The summed E-state index contributed by atoms with van der Waals surface area (Å²) in [5.74, 6) is -0.0131. The normalized spacial score (nSPS) is 17.6. The van der Waals surface area contributed by atoms with E-state index in [1.165, 1.54) is 0 Å². The lowest BCUT2D eigenvalue weighted by Crippen LogP contribution is -2.42. The van der Waals surface area contributed by atoms with E-state index < -0.39 is 0 Å². The minimum Gasteiger partial charge on any atom is -0.508 e. The number of aromatic amines is 1. The quantitative estimate of drug-likeness (QED) is 0.681. The maximum absolute atomic E-state index is 13.0. The Labute approximate surface area is 160 Å². The molecule has 3 aromatic rings. The number of H-pyrrole nitrogens is 1. The largest absolute Gasteiger partial charge is 0.508 e. The van der Waals surface area contributed by atoms with Gasteiger partial charge in [-0.05, 0) is 35.9 Å². The van der Waals surface area contributed by atoms with Crippen LogP contribution < -0.4 is 0 Å². The molecule has 1 aromatic heterocycles. The van der Waals surface area contributed by atoms with E-state index in [4.69, 9.17) is 27.9 Å². The number of halogens is 2. The average Bonchev–Trinajstić information content (AvgIpc) is 2.97. The average molecular weight is 391 g/mol. The van der Waals surface area contributed by atoms with E-state index in [0.717, 1.165) is 16.5 Å². The van der Waals surface area contributed by atoms with Crippen molar-refractivity contribution in [2.75, 3.05) is 19.7 Å². The van der Waals surface area contributed by atoms with Crippen LogP contribution in [0.5, 0.6) is 5.75 Å². The van der Waals surface area contributed by atoms with Gasteiger partial charge in [-0.3, -0.25) is 4.79 Å². The van der Waals surface area contributed by atoms with Crippen LogP contribution in [0.2, 0.25) is 10.0 Å². The molecule has 0 bridgehead atoms. The third kappa shape index (κ3) is 3.14. The molecule has 1 amide bonds. The summed E-state index contributed by atoms with van der Waals surface area (Å²) in [6.07, 6.45) is -0.294. The molecular weight excluding hydrogens is 375 g/mol. The van der Waals surface area contributed by atoms with Crippen molar-refractivity contribution >= 4 is 40.0 Å². The Morgan fingerprint density at radius 3 is 2.88 bits per heavy atom. The smallest absolute Gasteiger partial charge is 0.272 e. The fourth-order valence-electron chi connectivity index (χ4n) is 3.20. The molecule has 2 aromatic carbocycles. The first-order valence-electron chi connectivity index (χ1n) is 8.19. The molecule has 2 N–H and O–H groups in total. The summed E-state index contributed by atoms with van der Waals surface area (Å²) in [5.41, 5.74) is 1.94.